The number of benzene rings is 2. The monoisotopic (exact) mass is 396 g/mol. The zero-order chi connectivity index (χ0) is 20.4. The van der Waals surface area contributed by atoms with E-state index in [0.717, 1.165) is 47.9 Å². The molecule has 2 aromatic carbocycles. The highest BCUT2D eigenvalue weighted by molar-refractivity contribution is 5.73. The number of fused-ring (bicyclic) bond motifs is 1. The summed E-state index contributed by atoms with van der Waals surface area (Å²) in [4.78, 5) is 13.6. The van der Waals surface area contributed by atoms with Gasteiger partial charge in [-0.3, -0.25) is 4.79 Å². The van der Waals surface area contributed by atoms with Crippen LogP contribution in [-0.2, 0) is 4.79 Å². The number of anilines is 1. The van der Waals surface area contributed by atoms with E-state index in [4.69, 9.17) is 14.2 Å². The lowest BCUT2D eigenvalue weighted by atomic mass is 10.1. The van der Waals surface area contributed by atoms with Crippen LogP contribution in [0.3, 0.4) is 0 Å². The predicted octanol–water partition coefficient (Wildman–Crippen LogP) is 3.62. The van der Waals surface area contributed by atoms with Crippen molar-refractivity contribution >= 4 is 11.6 Å². The van der Waals surface area contributed by atoms with Crippen molar-refractivity contribution in [2.24, 2.45) is 0 Å². The number of amides is 1. The van der Waals surface area contributed by atoms with Gasteiger partial charge in [-0.15, -0.1) is 0 Å². The van der Waals surface area contributed by atoms with Crippen molar-refractivity contribution in [3.8, 4) is 17.2 Å². The number of nitrogens with one attached hydrogen (secondary N) is 1. The summed E-state index contributed by atoms with van der Waals surface area (Å²) in [7, 11) is 0. The van der Waals surface area contributed by atoms with Crippen molar-refractivity contribution in [1.82, 2.24) is 5.32 Å². The number of carbonyl (C=O) groups excluding carboxylic acids is 1. The summed E-state index contributed by atoms with van der Waals surface area (Å²) >= 11 is 0. The average molecular weight is 396 g/mol. The lowest BCUT2D eigenvalue weighted by molar-refractivity contribution is -0.119. The summed E-state index contributed by atoms with van der Waals surface area (Å²) in [5.74, 6) is 2.52. The predicted molar refractivity (Wildman–Crippen MR) is 112 cm³/mol. The highest BCUT2D eigenvalue weighted by Gasteiger charge is 2.27. The standard InChI is InChI=1S/C23H28N2O4/c1-15-21(8-9-22-23(15)28-13-12-27-22)25-11-10-20(14-25)29-19-6-4-18(5-7-19)16(2)24-17(3)26/h4-9,16,20H,10-14H2,1-3H3,(H,24,26)/t16-,20?/m0/s1. The number of rotatable bonds is 5. The normalized spacial score (nSPS) is 19.0. The minimum atomic E-state index is -0.0293. The summed E-state index contributed by atoms with van der Waals surface area (Å²) in [6.45, 7) is 8.58. The van der Waals surface area contributed by atoms with Crippen molar-refractivity contribution in [3.05, 3.63) is 47.5 Å². The smallest absolute Gasteiger partial charge is 0.217 e. The second-order valence-electron chi connectivity index (χ2n) is 7.70. The van der Waals surface area contributed by atoms with Crippen molar-refractivity contribution in [2.75, 3.05) is 31.2 Å². The van der Waals surface area contributed by atoms with E-state index in [0.29, 0.717) is 13.2 Å². The van der Waals surface area contributed by atoms with E-state index in [2.05, 4.69) is 23.2 Å². The topological polar surface area (TPSA) is 60.0 Å². The van der Waals surface area contributed by atoms with Gasteiger partial charge in [0.25, 0.3) is 0 Å². The molecule has 1 unspecified atom stereocenters. The molecule has 2 aromatic rings. The molecule has 0 aliphatic carbocycles. The highest BCUT2D eigenvalue weighted by Crippen LogP contribution is 2.40. The van der Waals surface area contributed by atoms with Crippen LogP contribution in [0, 0.1) is 6.92 Å². The van der Waals surface area contributed by atoms with Gasteiger partial charge in [-0.05, 0) is 43.7 Å². The molecule has 4 rings (SSSR count). The molecule has 2 aliphatic heterocycles. The van der Waals surface area contributed by atoms with E-state index in [1.54, 1.807) is 0 Å². The third-order valence-corrected chi connectivity index (χ3v) is 5.52. The molecule has 154 valence electrons. The van der Waals surface area contributed by atoms with Crippen LogP contribution in [-0.4, -0.2) is 38.3 Å². The summed E-state index contributed by atoms with van der Waals surface area (Å²) in [5.41, 5.74) is 3.37. The lowest BCUT2D eigenvalue weighted by Crippen LogP contribution is -2.26. The maximum atomic E-state index is 11.2. The molecule has 29 heavy (non-hydrogen) atoms. The first-order valence-electron chi connectivity index (χ1n) is 10.2. The fourth-order valence-electron chi connectivity index (χ4n) is 4.05. The van der Waals surface area contributed by atoms with Crippen molar-refractivity contribution in [3.63, 3.8) is 0 Å². The maximum absolute atomic E-state index is 11.2. The Hall–Kier alpha value is -2.89. The SMILES string of the molecule is CC(=O)N[C@@H](C)c1ccc(OC2CCN(c3ccc4c(c3C)OCCO4)C2)cc1. The molecular formula is C23H28N2O4. The Morgan fingerprint density at radius 2 is 1.93 bits per heavy atom. The molecule has 6 nitrogen and oxygen atoms in total. The molecule has 1 amide bonds. The summed E-state index contributed by atoms with van der Waals surface area (Å²) in [6, 6.07) is 12.1. The molecule has 0 saturated carbocycles. The Kier molecular flexibility index (Phi) is 5.51. The van der Waals surface area contributed by atoms with E-state index < -0.39 is 0 Å². The molecular weight excluding hydrogens is 368 g/mol. The van der Waals surface area contributed by atoms with Crippen LogP contribution >= 0.6 is 0 Å². The van der Waals surface area contributed by atoms with Gasteiger partial charge in [0, 0.05) is 31.1 Å². The van der Waals surface area contributed by atoms with Crippen LogP contribution in [0.1, 0.15) is 37.4 Å². The minimum absolute atomic E-state index is 0.0123. The third-order valence-electron chi connectivity index (χ3n) is 5.52. The second kappa shape index (κ2) is 8.23. The first kappa shape index (κ1) is 19.4. The minimum Gasteiger partial charge on any atom is -0.489 e. The Bertz CT molecular complexity index is 881. The number of carbonyl (C=O) groups is 1. The van der Waals surface area contributed by atoms with Gasteiger partial charge in [0.15, 0.2) is 11.5 Å². The Morgan fingerprint density at radius 1 is 1.17 bits per heavy atom. The quantitative estimate of drug-likeness (QED) is 0.837. The van der Waals surface area contributed by atoms with Crippen LogP contribution in [0.15, 0.2) is 36.4 Å². The highest BCUT2D eigenvalue weighted by atomic mass is 16.6. The second-order valence-corrected chi connectivity index (χ2v) is 7.70. The molecule has 2 atom stereocenters. The van der Waals surface area contributed by atoms with Gasteiger partial charge in [0.05, 0.1) is 12.6 Å². The van der Waals surface area contributed by atoms with Gasteiger partial charge in [-0.25, -0.2) is 0 Å². The Labute approximate surface area is 171 Å². The third kappa shape index (κ3) is 4.26. The van der Waals surface area contributed by atoms with Gasteiger partial charge in [0.1, 0.15) is 25.1 Å². The summed E-state index contributed by atoms with van der Waals surface area (Å²) in [5, 5.41) is 2.90. The Balaban J connectivity index is 1.39. The van der Waals surface area contributed by atoms with Gasteiger partial charge >= 0.3 is 0 Å². The summed E-state index contributed by atoms with van der Waals surface area (Å²) in [6.07, 6.45) is 1.11. The zero-order valence-corrected chi connectivity index (χ0v) is 17.2. The fourth-order valence-corrected chi connectivity index (χ4v) is 4.05. The molecule has 1 fully saturated rings. The van der Waals surface area contributed by atoms with Gasteiger partial charge in [0.2, 0.25) is 5.91 Å². The van der Waals surface area contributed by atoms with Crippen molar-refractivity contribution in [2.45, 2.75) is 39.3 Å². The van der Waals surface area contributed by atoms with E-state index in [1.165, 1.54) is 12.6 Å². The molecule has 0 bridgehead atoms. The van der Waals surface area contributed by atoms with E-state index in [-0.39, 0.29) is 18.1 Å². The van der Waals surface area contributed by atoms with Crippen LogP contribution in [0.4, 0.5) is 5.69 Å². The first-order chi connectivity index (χ1) is 14.0. The first-order valence-corrected chi connectivity index (χ1v) is 10.2. The summed E-state index contributed by atoms with van der Waals surface area (Å²) < 4.78 is 17.7. The molecule has 0 spiro atoms. The van der Waals surface area contributed by atoms with Crippen LogP contribution < -0.4 is 24.4 Å². The maximum Gasteiger partial charge on any atom is 0.217 e. The molecule has 2 heterocycles. The van der Waals surface area contributed by atoms with Gasteiger partial charge in [-0.2, -0.15) is 0 Å². The number of hydrogen-bond donors (Lipinski definition) is 1. The van der Waals surface area contributed by atoms with Gasteiger partial charge < -0.3 is 24.4 Å². The van der Waals surface area contributed by atoms with Crippen molar-refractivity contribution < 1.29 is 19.0 Å². The number of nitrogens with zero attached hydrogens (tertiary/aromatic N) is 1. The van der Waals surface area contributed by atoms with Crippen LogP contribution in [0.5, 0.6) is 17.2 Å². The van der Waals surface area contributed by atoms with Crippen LogP contribution in [0.25, 0.3) is 0 Å². The van der Waals surface area contributed by atoms with Crippen LogP contribution in [0.2, 0.25) is 0 Å². The van der Waals surface area contributed by atoms with Gasteiger partial charge in [-0.1, -0.05) is 12.1 Å². The molecule has 2 aliphatic rings. The lowest BCUT2D eigenvalue weighted by Gasteiger charge is -2.26. The molecule has 1 N–H and O–H groups in total. The molecule has 0 radical (unpaired) electrons. The fraction of sp³-hybridized carbons (Fsp3) is 0.435. The molecule has 1 saturated heterocycles. The van der Waals surface area contributed by atoms with Crippen molar-refractivity contribution in [1.29, 1.82) is 0 Å². The number of ether oxygens (including phenoxy) is 3. The Morgan fingerprint density at radius 3 is 2.69 bits per heavy atom. The van der Waals surface area contributed by atoms with E-state index in [9.17, 15) is 4.79 Å². The zero-order valence-electron chi connectivity index (χ0n) is 17.2. The largest absolute Gasteiger partial charge is 0.489 e. The molecule has 0 aromatic heterocycles. The molecule has 6 heteroatoms. The van der Waals surface area contributed by atoms with E-state index in [1.807, 2.05) is 37.3 Å². The average Bonchev–Trinajstić information content (AvgIpc) is 3.16. The van der Waals surface area contributed by atoms with E-state index >= 15 is 0 Å². The number of hydrogen-bond acceptors (Lipinski definition) is 5.